The monoisotopic (exact) mass is 312 g/mol. The van der Waals surface area contributed by atoms with Crippen LogP contribution in [-0.4, -0.2) is 65.5 Å². The van der Waals surface area contributed by atoms with Crippen molar-refractivity contribution in [2.75, 3.05) is 33.4 Å². The van der Waals surface area contributed by atoms with Gasteiger partial charge in [-0.15, -0.1) is 0 Å². The van der Waals surface area contributed by atoms with Crippen LogP contribution in [0.3, 0.4) is 0 Å². The predicted molar refractivity (Wildman–Crippen MR) is 78.3 cm³/mol. The first-order valence-electron chi connectivity index (χ1n) is 6.80. The number of carbonyl (C=O) groups is 1. The molecule has 0 aliphatic carbocycles. The summed E-state index contributed by atoms with van der Waals surface area (Å²) in [5.41, 5.74) is 0.697. The zero-order valence-corrected chi connectivity index (χ0v) is 12.3. The first kappa shape index (κ1) is 18.0. The van der Waals surface area contributed by atoms with E-state index in [-0.39, 0.29) is 38.4 Å². The van der Waals surface area contributed by atoms with E-state index in [0.29, 0.717) is 0 Å². The van der Waals surface area contributed by atoms with Crippen LogP contribution in [0.25, 0.3) is 0 Å². The number of esters is 1. The lowest BCUT2D eigenvalue weighted by atomic mass is 10.0. The maximum Gasteiger partial charge on any atom is 0.323 e. The summed E-state index contributed by atoms with van der Waals surface area (Å²) in [6.07, 6.45) is 0.269. The number of aliphatic hydroxyl groups is 2. The highest BCUT2D eigenvalue weighted by Crippen LogP contribution is 2.15. The third-order valence-electron chi connectivity index (χ3n) is 3.26. The molecule has 8 nitrogen and oxygen atoms in total. The smallest absolute Gasteiger partial charge is 0.323 e. The van der Waals surface area contributed by atoms with Gasteiger partial charge in [0.15, 0.2) is 0 Å². The molecular weight excluding hydrogens is 292 g/mol. The van der Waals surface area contributed by atoms with Gasteiger partial charge in [-0.05, 0) is 12.0 Å². The molecule has 22 heavy (non-hydrogen) atoms. The number of nitro groups is 1. The first-order chi connectivity index (χ1) is 10.5. The van der Waals surface area contributed by atoms with Gasteiger partial charge in [-0.25, -0.2) is 0 Å². The van der Waals surface area contributed by atoms with Gasteiger partial charge in [0.1, 0.15) is 6.04 Å². The molecule has 1 atom stereocenters. The van der Waals surface area contributed by atoms with E-state index in [1.54, 1.807) is 17.0 Å². The van der Waals surface area contributed by atoms with Gasteiger partial charge in [0.05, 0.1) is 25.2 Å². The summed E-state index contributed by atoms with van der Waals surface area (Å²) in [5, 5.41) is 28.8. The van der Waals surface area contributed by atoms with Crippen LogP contribution >= 0.6 is 0 Å². The summed E-state index contributed by atoms with van der Waals surface area (Å²) >= 11 is 0. The zero-order valence-electron chi connectivity index (χ0n) is 12.3. The SMILES string of the molecule is COC(=O)[C@H](Cc1ccc([N+](=O)[O-])cc1)N(CCO)CCO. The summed E-state index contributed by atoms with van der Waals surface area (Å²) < 4.78 is 4.77. The Morgan fingerprint density at radius 2 is 1.82 bits per heavy atom. The molecule has 1 aromatic rings. The van der Waals surface area contributed by atoms with Crippen molar-refractivity contribution in [1.82, 2.24) is 4.90 Å². The number of benzene rings is 1. The standard InChI is InChI=1S/C14H20N2O6/c1-22-14(19)13(15(6-8-17)7-9-18)10-11-2-4-12(5-3-11)16(20)21/h2-5,13,17-18H,6-10H2,1H3/t13-/m0/s1. The van der Waals surface area contributed by atoms with Gasteiger partial charge in [-0.2, -0.15) is 0 Å². The number of rotatable bonds is 9. The van der Waals surface area contributed by atoms with Crippen LogP contribution < -0.4 is 0 Å². The number of methoxy groups -OCH3 is 1. The number of hydrogen-bond donors (Lipinski definition) is 2. The maximum absolute atomic E-state index is 11.9. The summed E-state index contributed by atoms with van der Waals surface area (Å²) in [4.78, 5) is 23.7. The van der Waals surface area contributed by atoms with Gasteiger partial charge in [0.25, 0.3) is 5.69 Å². The minimum atomic E-state index is -0.675. The third-order valence-corrected chi connectivity index (χ3v) is 3.26. The van der Waals surface area contributed by atoms with Crippen molar-refractivity contribution in [3.8, 4) is 0 Å². The second-order valence-corrected chi connectivity index (χ2v) is 4.65. The van der Waals surface area contributed by atoms with Gasteiger partial charge in [0, 0.05) is 25.2 Å². The molecule has 1 rings (SSSR count). The molecule has 0 fully saturated rings. The van der Waals surface area contributed by atoms with Crippen molar-refractivity contribution in [2.45, 2.75) is 12.5 Å². The van der Waals surface area contributed by atoms with Gasteiger partial charge >= 0.3 is 5.97 Å². The van der Waals surface area contributed by atoms with E-state index >= 15 is 0 Å². The fourth-order valence-electron chi connectivity index (χ4n) is 2.15. The Kier molecular flexibility index (Phi) is 7.44. The molecule has 0 saturated carbocycles. The molecule has 0 spiro atoms. The molecular formula is C14H20N2O6. The van der Waals surface area contributed by atoms with Gasteiger partial charge in [-0.3, -0.25) is 19.8 Å². The Labute approximate surface area is 128 Å². The second-order valence-electron chi connectivity index (χ2n) is 4.65. The molecule has 0 heterocycles. The van der Waals surface area contributed by atoms with Crippen LogP contribution in [0.5, 0.6) is 0 Å². The lowest BCUT2D eigenvalue weighted by molar-refractivity contribution is -0.384. The molecule has 8 heteroatoms. The molecule has 2 N–H and O–H groups in total. The number of non-ortho nitro benzene ring substituents is 1. The second kappa shape index (κ2) is 9.08. The third kappa shape index (κ3) is 5.06. The fraction of sp³-hybridized carbons (Fsp3) is 0.500. The summed E-state index contributed by atoms with van der Waals surface area (Å²) in [6.45, 7) is 0.113. The quantitative estimate of drug-likeness (QED) is 0.374. The van der Waals surface area contributed by atoms with Crippen molar-refractivity contribution in [1.29, 1.82) is 0 Å². The van der Waals surface area contributed by atoms with E-state index in [9.17, 15) is 14.9 Å². The van der Waals surface area contributed by atoms with Gasteiger partial charge in [-0.1, -0.05) is 12.1 Å². The Bertz CT molecular complexity index is 485. The molecule has 0 aliphatic heterocycles. The minimum Gasteiger partial charge on any atom is -0.468 e. The molecule has 0 aromatic heterocycles. The van der Waals surface area contributed by atoms with Crippen LogP contribution in [-0.2, 0) is 16.0 Å². The molecule has 0 radical (unpaired) electrons. The Balaban J connectivity index is 2.91. The first-order valence-corrected chi connectivity index (χ1v) is 6.80. The minimum absolute atomic E-state index is 0.0269. The van der Waals surface area contributed by atoms with Crippen LogP contribution in [0.4, 0.5) is 5.69 Å². The number of aliphatic hydroxyl groups excluding tert-OH is 2. The number of nitrogens with zero attached hydrogens (tertiary/aromatic N) is 2. The lowest BCUT2D eigenvalue weighted by Gasteiger charge is -2.28. The maximum atomic E-state index is 11.9. The van der Waals surface area contributed by atoms with E-state index in [4.69, 9.17) is 14.9 Å². The van der Waals surface area contributed by atoms with Crippen LogP contribution in [0.2, 0.25) is 0 Å². The predicted octanol–water partition coefficient (Wildman–Crippen LogP) is -0.0345. The Morgan fingerprint density at radius 3 is 2.23 bits per heavy atom. The summed E-state index contributed by atoms with van der Waals surface area (Å²) in [7, 11) is 1.27. The summed E-state index contributed by atoms with van der Waals surface area (Å²) in [5.74, 6) is -0.486. The molecule has 1 aromatic carbocycles. The van der Waals surface area contributed by atoms with Crippen LogP contribution in [0.15, 0.2) is 24.3 Å². The van der Waals surface area contributed by atoms with Gasteiger partial charge < -0.3 is 14.9 Å². The van der Waals surface area contributed by atoms with Crippen molar-refractivity contribution in [2.24, 2.45) is 0 Å². The Hall–Kier alpha value is -2.03. The van der Waals surface area contributed by atoms with Crippen molar-refractivity contribution in [3.05, 3.63) is 39.9 Å². The number of ether oxygens (including phenoxy) is 1. The lowest BCUT2D eigenvalue weighted by Crippen LogP contribution is -2.46. The molecule has 0 aliphatic rings. The molecule has 0 amide bonds. The van der Waals surface area contributed by atoms with Crippen LogP contribution in [0.1, 0.15) is 5.56 Å². The highest BCUT2D eigenvalue weighted by atomic mass is 16.6. The van der Waals surface area contributed by atoms with E-state index in [0.717, 1.165) is 5.56 Å². The highest BCUT2D eigenvalue weighted by molar-refractivity contribution is 5.76. The topological polar surface area (TPSA) is 113 Å². The molecule has 122 valence electrons. The average Bonchev–Trinajstić information content (AvgIpc) is 2.52. The van der Waals surface area contributed by atoms with E-state index in [1.165, 1.54) is 19.2 Å². The number of carbonyl (C=O) groups excluding carboxylic acids is 1. The molecule has 0 saturated heterocycles. The van der Waals surface area contributed by atoms with Gasteiger partial charge in [0.2, 0.25) is 0 Å². The fourth-order valence-corrected chi connectivity index (χ4v) is 2.15. The number of nitro benzene ring substituents is 1. The number of hydrogen-bond acceptors (Lipinski definition) is 7. The average molecular weight is 312 g/mol. The molecule has 0 bridgehead atoms. The largest absolute Gasteiger partial charge is 0.468 e. The van der Waals surface area contributed by atoms with E-state index in [1.807, 2.05) is 0 Å². The molecule has 0 unspecified atom stereocenters. The van der Waals surface area contributed by atoms with Crippen molar-refractivity contribution >= 4 is 11.7 Å². The normalized spacial score (nSPS) is 12.2. The van der Waals surface area contributed by atoms with E-state index in [2.05, 4.69) is 0 Å². The zero-order chi connectivity index (χ0) is 16.5. The summed E-state index contributed by atoms with van der Waals surface area (Å²) in [6, 6.07) is 5.21. The van der Waals surface area contributed by atoms with E-state index < -0.39 is 16.9 Å². The van der Waals surface area contributed by atoms with Crippen molar-refractivity contribution < 1.29 is 24.7 Å². The van der Waals surface area contributed by atoms with Crippen molar-refractivity contribution in [3.63, 3.8) is 0 Å². The Morgan fingerprint density at radius 1 is 1.27 bits per heavy atom. The van der Waals surface area contributed by atoms with Crippen LogP contribution in [0, 0.1) is 10.1 Å². The highest BCUT2D eigenvalue weighted by Gasteiger charge is 2.26.